The van der Waals surface area contributed by atoms with Crippen molar-refractivity contribution in [2.24, 2.45) is 5.41 Å². The fourth-order valence-corrected chi connectivity index (χ4v) is 4.15. The van der Waals surface area contributed by atoms with Crippen molar-refractivity contribution in [1.29, 1.82) is 0 Å². The van der Waals surface area contributed by atoms with Gasteiger partial charge in [0.15, 0.2) is 0 Å². The molecule has 5 nitrogen and oxygen atoms in total. The van der Waals surface area contributed by atoms with Gasteiger partial charge in [0, 0.05) is 37.4 Å². The third-order valence-electron chi connectivity index (χ3n) is 5.88. The van der Waals surface area contributed by atoms with Crippen molar-refractivity contribution in [3.05, 3.63) is 41.7 Å². The van der Waals surface area contributed by atoms with Crippen molar-refractivity contribution in [2.75, 3.05) is 26.8 Å². The number of aromatic amines is 1. The second-order valence-corrected chi connectivity index (χ2v) is 7.87. The molecule has 26 heavy (non-hydrogen) atoms. The fraction of sp³-hybridized carbons (Fsp3) is 0.524. The number of aromatic nitrogens is 2. The van der Waals surface area contributed by atoms with Gasteiger partial charge in [0.05, 0.1) is 18.2 Å². The first kappa shape index (κ1) is 17.3. The van der Waals surface area contributed by atoms with E-state index in [1.807, 2.05) is 6.20 Å². The van der Waals surface area contributed by atoms with E-state index < -0.39 is 0 Å². The molecular weight excluding hydrogens is 326 g/mol. The molecule has 0 bridgehead atoms. The molecule has 1 saturated carbocycles. The first-order valence-electron chi connectivity index (χ1n) is 9.51. The average Bonchev–Trinajstić information content (AvgIpc) is 3.28. The molecule has 2 heterocycles. The number of methoxy groups -OCH3 is 1. The van der Waals surface area contributed by atoms with E-state index in [-0.39, 0.29) is 11.3 Å². The molecule has 1 aliphatic heterocycles. The third kappa shape index (κ3) is 3.16. The van der Waals surface area contributed by atoms with Crippen LogP contribution in [-0.2, 0) is 9.53 Å². The van der Waals surface area contributed by atoms with Gasteiger partial charge in [-0.25, -0.2) is 0 Å². The Morgan fingerprint density at radius 3 is 2.81 bits per heavy atom. The molecule has 2 aromatic rings. The summed E-state index contributed by atoms with van der Waals surface area (Å²) in [6, 6.07) is 8.55. The molecule has 1 aromatic heterocycles. The fourth-order valence-electron chi connectivity index (χ4n) is 4.15. The van der Waals surface area contributed by atoms with E-state index in [4.69, 9.17) is 4.74 Å². The predicted octanol–water partition coefficient (Wildman–Crippen LogP) is 3.52. The van der Waals surface area contributed by atoms with E-state index in [1.165, 1.54) is 11.1 Å². The highest BCUT2D eigenvalue weighted by Gasteiger charge is 2.52. The van der Waals surface area contributed by atoms with Crippen LogP contribution in [0.3, 0.4) is 0 Å². The van der Waals surface area contributed by atoms with Crippen LogP contribution in [0.1, 0.15) is 42.9 Å². The second-order valence-electron chi connectivity index (χ2n) is 7.87. The number of piperidine rings is 1. The summed E-state index contributed by atoms with van der Waals surface area (Å²) in [5.74, 6) is 0.588. The SMILES string of the molecule is COCC1(C(=O)N2CCC[C@@H](c3[nH]ncc3-c3ccc(C)cc3)C2)CC1. The van der Waals surface area contributed by atoms with Gasteiger partial charge in [-0.05, 0) is 38.2 Å². The van der Waals surface area contributed by atoms with Crippen LogP contribution in [0.5, 0.6) is 0 Å². The molecule has 0 unspecified atom stereocenters. The third-order valence-corrected chi connectivity index (χ3v) is 5.88. The van der Waals surface area contributed by atoms with Crippen LogP contribution in [0.4, 0.5) is 0 Å². The number of hydrogen-bond acceptors (Lipinski definition) is 3. The van der Waals surface area contributed by atoms with Gasteiger partial charge in [-0.2, -0.15) is 5.10 Å². The molecule has 138 valence electrons. The number of nitrogens with zero attached hydrogens (tertiary/aromatic N) is 2. The molecule has 1 saturated heterocycles. The normalized spacial score (nSPS) is 21.6. The zero-order valence-electron chi connectivity index (χ0n) is 15.6. The number of nitrogens with one attached hydrogen (secondary N) is 1. The Morgan fingerprint density at radius 1 is 1.35 bits per heavy atom. The lowest BCUT2D eigenvalue weighted by molar-refractivity contribution is -0.140. The van der Waals surface area contributed by atoms with E-state index in [0.717, 1.165) is 50.0 Å². The van der Waals surface area contributed by atoms with Crippen LogP contribution >= 0.6 is 0 Å². The van der Waals surface area contributed by atoms with E-state index in [1.54, 1.807) is 7.11 Å². The summed E-state index contributed by atoms with van der Waals surface area (Å²) < 4.78 is 5.30. The Morgan fingerprint density at radius 2 is 2.12 bits per heavy atom. The number of aryl methyl sites for hydroxylation is 1. The maximum absolute atomic E-state index is 13.0. The number of likely N-dealkylation sites (tertiary alicyclic amines) is 1. The van der Waals surface area contributed by atoms with Crippen molar-refractivity contribution in [1.82, 2.24) is 15.1 Å². The number of amides is 1. The largest absolute Gasteiger partial charge is 0.384 e. The summed E-state index contributed by atoms with van der Waals surface area (Å²) in [6.45, 7) is 4.27. The number of hydrogen-bond donors (Lipinski definition) is 1. The lowest BCUT2D eigenvalue weighted by Gasteiger charge is -2.35. The molecule has 2 fully saturated rings. The highest BCUT2D eigenvalue weighted by Crippen LogP contribution is 2.48. The van der Waals surface area contributed by atoms with Gasteiger partial charge in [0.1, 0.15) is 0 Å². The van der Waals surface area contributed by atoms with E-state index in [0.29, 0.717) is 12.5 Å². The topological polar surface area (TPSA) is 58.2 Å². The molecule has 4 rings (SSSR count). The van der Waals surface area contributed by atoms with E-state index >= 15 is 0 Å². The summed E-state index contributed by atoms with van der Waals surface area (Å²) in [6.07, 6.45) is 5.95. The molecule has 2 aliphatic rings. The number of benzene rings is 1. The van der Waals surface area contributed by atoms with Crippen LogP contribution < -0.4 is 0 Å². The van der Waals surface area contributed by atoms with Crippen LogP contribution in [0.2, 0.25) is 0 Å². The summed E-state index contributed by atoms with van der Waals surface area (Å²) in [5.41, 5.74) is 4.50. The smallest absolute Gasteiger partial charge is 0.231 e. The summed E-state index contributed by atoms with van der Waals surface area (Å²) in [4.78, 5) is 15.1. The monoisotopic (exact) mass is 353 g/mol. The number of ether oxygens (including phenoxy) is 1. The summed E-state index contributed by atoms with van der Waals surface area (Å²) >= 11 is 0. The van der Waals surface area contributed by atoms with Gasteiger partial charge in [0.2, 0.25) is 5.91 Å². The van der Waals surface area contributed by atoms with Gasteiger partial charge in [-0.3, -0.25) is 9.89 Å². The van der Waals surface area contributed by atoms with Gasteiger partial charge in [-0.1, -0.05) is 29.8 Å². The number of rotatable bonds is 5. The Balaban J connectivity index is 1.53. The molecule has 0 radical (unpaired) electrons. The van der Waals surface area contributed by atoms with Crippen molar-refractivity contribution in [3.63, 3.8) is 0 Å². The number of carbonyl (C=O) groups is 1. The van der Waals surface area contributed by atoms with E-state index in [9.17, 15) is 4.79 Å². The van der Waals surface area contributed by atoms with Crippen molar-refractivity contribution >= 4 is 5.91 Å². The van der Waals surface area contributed by atoms with Crippen LogP contribution in [0, 0.1) is 12.3 Å². The van der Waals surface area contributed by atoms with Crippen LogP contribution in [0.25, 0.3) is 11.1 Å². The van der Waals surface area contributed by atoms with E-state index in [2.05, 4.69) is 46.3 Å². The zero-order chi connectivity index (χ0) is 18.1. The molecule has 1 aliphatic carbocycles. The zero-order valence-corrected chi connectivity index (χ0v) is 15.6. The van der Waals surface area contributed by atoms with Crippen molar-refractivity contribution in [2.45, 2.75) is 38.5 Å². The molecule has 1 atom stereocenters. The summed E-state index contributed by atoms with van der Waals surface area (Å²) in [5, 5.41) is 7.52. The Bertz CT molecular complexity index is 777. The van der Waals surface area contributed by atoms with Gasteiger partial charge in [-0.15, -0.1) is 0 Å². The van der Waals surface area contributed by atoms with Gasteiger partial charge in [0.25, 0.3) is 0 Å². The number of H-pyrrole nitrogens is 1. The van der Waals surface area contributed by atoms with Gasteiger partial charge >= 0.3 is 0 Å². The second kappa shape index (κ2) is 6.88. The van der Waals surface area contributed by atoms with Gasteiger partial charge < -0.3 is 9.64 Å². The molecule has 1 aromatic carbocycles. The average molecular weight is 353 g/mol. The summed E-state index contributed by atoms with van der Waals surface area (Å²) in [7, 11) is 1.69. The van der Waals surface area contributed by atoms with Crippen LogP contribution in [-0.4, -0.2) is 47.8 Å². The molecular formula is C21H27N3O2. The lowest BCUT2D eigenvalue weighted by atomic mass is 9.89. The Labute approximate surface area is 154 Å². The first-order valence-corrected chi connectivity index (χ1v) is 9.51. The molecule has 1 amide bonds. The maximum Gasteiger partial charge on any atom is 0.231 e. The minimum atomic E-state index is -0.246. The van der Waals surface area contributed by atoms with Crippen molar-refractivity contribution < 1.29 is 9.53 Å². The van der Waals surface area contributed by atoms with Crippen LogP contribution in [0.15, 0.2) is 30.5 Å². The maximum atomic E-state index is 13.0. The minimum absolute atomic E-state index is 0.246. The predicted molar refractivity (Wildman–Crippen MR) is 101 cm³/mol. The Hall–Kier alpha value is -2.14. The quantitative estimate of drug-likeness (QED) is 0.895. The highest BCUT2D eigenvalue weighted by molar-refractivity contribution is 5.85. The molecule has 1 N–H and O–H groups in total. The first-order chi connectivity index (χ1) is 12.6. The minimum Gasteiger partial charge on any atom is -0.384 e. The standard InChI is InChI=1S/C21H27N3O2/c1-15-5-7-16(8-6-15)18-12-22-23-19(18)17-4-3-11-24(13-17)20(25)21(9-10-21)14-26-2/h5-8,12,17H,3-4,9-11,13-14H2,1-2H3,(H,22,23)/t17-/m1/s1. The molecule has 0 spiro atoms. The molecule has 5 heteroatoms. The Kier molecular flexibility index (Phi) is 4.57. The lowest BCUT2D eigenvalue weighted by Crippen LogP contribution is -2.44. The number of carbonyl (C=O) groups excluding carboxylic acids is 1. The van der Waals surface area contributed by atoms with Crippen molar-refractivity contribution in [3.8, 4) is 11.1 Å². The highest BCUT2D eigenvalue weighted by atomic mass is 16.5.